The van der Waals surface area contributed by atoms with Crippen LogP contribution in [0.4, 0.5) is 4.39 Å². The number of aromatic nitrogens is 1. The lowest BCUT2D eigenvalue weighted by Crippen LogP contribution is -2.23. The average Bonchev–Trinajstić information content (AvgIpc) is 2.73. The van der Waals surface area contributed by atoms with E-state index in [2.05, 4.69) is 22.1 Å². The molecule has 3 aromatic rings. The van der Waals surface area contributed by atoms with Crippen molar-refractivity contribution < 1.29 is 13.9 Å². The quantitative estimate of drug-likeness (QED) is 0.510. The van der Waals surface area contributed by atoms with E-state index in [4.69, 9.17) is 4.74 Å². The molecule has 0 aliphatic carbocycles. The van der Waals surface area contributed by atoms with Crippen molar-refractivity contribution in [2.24, 2.45) is 0 Å². The van der Waals surface area contributed by atoms with Gasteiger partial charge in [-0.2, -0.15) is 0 Å². The summed E-state index contributed by atoms with van der Waals surface area (Å²) in [6.07, 6.45) is 3.04. The summed E-state index contributed by atoms with van der Waals surface area (Å²) in [6, 6.07) is 13.9. The van der Waals surface area contributed by atoms with Crippen molar-refractivity contribution in [3.05, 3.63) is 71.7 Å². The highest BCUT2D eigenvalue weighted by Crippen LogP contribution is 2.21. The minimum absolute atomic E-state index is 0.0720. The Hall–Kier alpha value is -3.39. The second-order valence-corrected chi connectivity index (χ2v) is 6.13. The van der Waals surface area contributed by atoms with Gasteiger partial charge in [-0.05, 0) is 30.3 Å². The van der Waals surface area contributed by atoms with Crippen molar-refractivity contribution in [2.45, 2.75) is 26.3 Å². The van der Waals surface area contributed by atoms with E-state index in [1.54, 1.807) is 42.6 Å². The number of rotatable bonds is 6. The fourth-order valence-electron chi connectivity index (χ4n) is 2.72. The topological polar surface area (TPSA) is 51.2 Å². The zero-order chi connectivity index (χ0) is 19.8. The third-order valence-corrected chi connectivity index (χ3v) is 4.13. The van der Waals surface area contributed by atoms with Crippen LogP contribution < -0.4 is 10.1 Å². The number of carbonyl (C=O) groups is 1. The van der Waals surface area contributed by atoms with E-state index in [-0.39, 0.29) is 18.2 Å². The van der Waals surface area contributed by atoms with Crippen LogP contribution in [-0.2, 0) is 6.54 Å². The fraction of sp³-hybridized carbons (Fsp3) is 0.217. The molecule has 1 heterocycles. The number of pyridine rings is 1. The van der Waals surface area contributed by atoms with Gasteiger partial charge < -0.3 is 10.1 Å². The van der Waals surface area contributed by atoms with Crippen molar-refractivity contribution >= 4 is 16.8 Å². The summed E-state index contributed by atoms with van der Waals surface area (Å²) in [5, 5.41) is 3.63. The smallest absolute Gasteiger partial charge is 0.251 e. The fourth-order valence-corrected chi connectivity index (χ4v) is 2.72. The molecule has 3 rings (SSSR count). The molecule has 0 bridgehead atoms. The van der Waals surface area contributed by atoms with Crippen LogP contribution in [0.3, 0.4) is 0 Å². The van der Waals surface area contributed by atoms with Gasteiger partial charge >= 0.3 is 0 Å². The molecule has 5 heteroatoms. The minimum Gasteiger partial charge on any atom is -0.490 e. The van der Waals surface area contributed by atoms with Crippen LogP contribution in [-0.4, -0.2) is 17.5 Å². The Bertz CT molecular complexity index is 1040. The molecule has 28 heavy (non-hydrogen) atoms. The zero-order valence-electron chi connectivity index (χ0n) is 15.7. The van der Waals surface area contributed by atoms with E-state index in [9.17, 15) is 9.18 Å². The standard InChI is InChI=1S/C23H21FN2O2/c1-2-3-4-5-14-28-21-10-6-8-19(22(21)24)16-26-23(27)18-11-12-20-17(15-18)9-7-13-25-20/h6-13,15H,2,5,14,16H2,1H3,(H,26,27). The van der Waals surface area contributed by atoms with E-state index in [0.717, 1.165) is 17.3 Å². The number of benzene rings is 2. The summed E-state index contributed by atoms with van der Waals surface area (Å²) in [5.41, 5.74) is 1.69. The number of ether oxygens (including phenoxy) is 1. The molecule has 0 radical (unpaired) electrons. The maximum absolute atomic E-state index is 14.6. The van der Waals surface area contributed by atoms with Gasteiger partial charge in [-0.3, -0.25) is 9.78 Å². The summed E-state index contributed by atoms with van der Waals surface area (Å²) in [5.74, 6) is 5.33. The number of fused-ring (bicyclic) bond motifs is 1. The van der Waals surface area contributed by atoms with Crippen molar-refractivity contribution in [1.82, 2.24) is 10.3 Å². The van der Waals surface area contributed by atoms with Gasteiger partial charge in [0.2, 0.25) is 0 Å². The van der Waals surface area contributed by atoms with Gasteiger partial charge in [-0.15, -0.1) is 5.92 Å². The van der Waals surface area contributed by atoms with Crippen molar-refractivity contribution in [2.75, 3.05) is 6.61 Å². The maximum atomic E-state index is 14.6. The summed E-state index contributed by atoms with van der Waals surface area (Å²) in [6.45, 7) is 2.37. The van der Waals surface area contributed by atoms with Gasteiger partial charge in [0.05, 0.1) is 12.1 Å². The van der Waals surface area contributed by atoms with Gasteiger partial charge in [0.1, 0.15) is 0 Å². The molecule has 0 fully saturated rings. The van der Waals surface area contributed by atoms with Gasteiger partial charge in [0.25, 0.3) is 5.91 Å². The average molecular weight is 376 g/mol. The van der Waals surface area contributed by atoms with E-state index < -0.39 is 5.82 Å². The molecule has 0 atom stereocenters. The summed E-state index contributed by atoms with van der Waals surface area (Å²) in [4.78, 5) is 16.7. The molecule has 1 amide bonds. The first-order valence-corrected chi connectivity index (χ1v) is 9.18. The highest BCUT2D eigenvalue weighted by Gasteiger charge is 2.12. The van der Waals surface area contributed by atoms with Gasteiger partial charge in [-0.1, -0.05) is 31.0 Å². The minimum atomic E-state index is -0.464. The van der Waals surface area contributed by atoms with Crippen LogP contribution in [0.2, 0.25) is 0 Å². The van der Waals surface area contributed by atoms with Crippen molar-refractivity contribution in [3.63, 3.8) is 0 Å². The van der Waals surface area contributed by atoms with Crippen molar-refractivity contribution in [1.29, 1.82) is 0 Å². The predicted octanol–water partition coefficient (Wildman–Crippen LogP) is 4.49. The number of halogens is 1. The lowest BCUT2D eigenvalue weighted by molar-refractivity contribution is 0.0950. The van der Waals surface area contributed by atoms with Gasteiger partial charge in [0.15, 0.2) is 11.6 Å². The van der Waals surface area contributed by atoms with Crippen LogP contribution >= 0.6 is 0 Å². The van der Waals surface area contributed by atoms with Crippen LogP contribution in [0.5, 0.6) is 5.75 Å². The number of carbonyl (C=O) groups excluding carboxylic acids is 1. The van der Waals surface area contributed by atoms with E-state index >= 15 is 0 Å². The summed E-state index contributed by atoms with van der Waals surface area (Å²) < 4.78 is 20.1. The molecule has 2 aromatic carbocycles. The first-order valence-electron chi connectivity index (χ1n) is 9.18. The molecule has 0 aliphatic rings. The Morgan fingerprint density at radius 1 is 1.18 bits per heavy atom. The Kier molecular flexibility index (Phi) is 6.59. The molecule has 0 saturated carbocycles. The lowest BCUT2D eigenvalue weighted by Gasteiger charge is -2.10. The molecule has 1 aromatic heterocycles. The number of nitrogens with one attached hydrogen (secondary N) is 1. The molecule has 0 unspecified atom stereocenters. The predicted molar refractivity (Wildman–Crippen MR) is 107 cm³/mol. The maximum Gasteiger partial charge on any atom is 0.251 e. The second kappa shape index (κ2) is 9.52. The van der Waals surface area contributed by atoms with E-state index in [1.165, 1.54) is 0 Å². The van der Waals surface area contributed by atoms with Crippen LogP contribution in [0.25, 0.3) is 10.9 Å². The van der Waals surface area contributed by atoms with E-state index in [0.29, 0.717) is 24.2 Å². The molecule has 4 nitrogen and oxygen atoms in total. The largest absolute Gasteiger partial charge is 0.490 e. The molecule has 1 N–H and O–H groups in total. The van der Waals surface area contributed by atoms with Gasteiger partial charge in [-0.25, -0.2) is 4.39 Å². The van der Waals surface area contributed by atoms with E-state index in [1.807, 2.05) is 19.1 Å². The highest BCUT2D eigenvalue weighted by atomic mass is 19.1. The zero-order valence-corrected chi connectivity index (χ0v) is 15.7. The first kappa shape index (κ1) is 19.4. The Balaban J connectivity index is 1.63. The molecule has 0 aliphatic heterocycles. The van der Waals surface area contributed by atoms with Crippen molar-refractivity contribution in [3.8, 4) is 17.6 Å². The SMILES string of the molecule is CCC#CCCOc1cccc(CNC(=O)c2ccc3ncccc3c2)c1F. The van der Waals surface area contributed by atoms with Crippen LogP contribution in [0, 0.1) is 17.7 Å². The highest BCUT2D eigenvalue weighted by molar-refractivity contribution is 5.97. The number of hydrogen-bond acceptors (Lipinski definition) is 3. The van der Waals surface area contributed by atoms with Gasteiger partial charge in [0, 0.05) is 42.1 Å². The summed E-state index contributed by atoms with van der Waals surface area (Å²) in [7, 11) is 0. The third-order valence-electron chi connectivity index (χ3n) is 4.13. The first-order chi connectivity index (χ1) is 13.7. The van der Waals surface area contributed by atoms with Crippen LogP contribution in [0.1, 0.15) is 35.7 Å². The number of hydrogen-bond donors (Lipinski definition) is 1. The Morgan fingerprint density at radius 2 is 2.07 bits per heavy atom. The molecule has 142 valence electrons. The lowest BCUT2D eigenvalue weighted by atomic mass is 10.1. The van der Waals surface area contributed by atoms with Crippen LogP contribution in [0.15, 0.2) is 54.7 Å². The molecule has 0 spiro atoms. The normalized spacial score (nSPS) is 10.2. The number of amides is 1. The third kappa shape index (κ3) is 4.86. The summed E-state index contributed by atoms with van der Waals surface area (Å²) >= 11 is 0. The Labute approximate surface area is 163 Å². The molecular formula is C23H21FN2O2. The monoisotopic (exact) mass is 376 g/mol. The number of nitrogens with zero attached hydrogens (tertiary/aromatic N) is 1. The Morgan fingerprint density at radius 3 is 2.93 bits per heavy atom. The molecule has 0 saturated heterocycles. The second-order valence-electron chi connectivity index (χ2n) is 6.13. The molecular weight excluding hydrogens is 355 g/mol.